The molecule has 1 aromatic carbocycles. The number of methoxy groups -OCH3 is 2. The third-order valence-corrected chi connectivity index (χ3v) is 5.65. The molecule has 3 aromatic heterocycles. The molecule has 0 saturated heterocycles. The van der Waals surface area contributed by atoms with Crippen LogP contribution in [0.3, 0.4) is 0 Å². The molecule has 0 radical (unpaired) electrons. The predicted molar refractivity (Wildman–Crippen MR) is 114 cm³/mol. The van der Waals surface area contributed by atoms with Crippen molar-refractivity contribution in [3.63, 3.8) is 0 Å². The van der Waals surface area contributed by atoms with Gasteiger partial charge in [-0.3, -0.25) is 4.72 Å². The van der Waals surface area contributed by atoms with E-state index in [4.69, 9.17) is 9.47 Å². The number of alkyl halides is 2. The second-order valence-corrected chi connectivity index (χ2v) is 7.65. The minimum absolute atomic E-state index is 0.0286. The van der Waals surface area contributed by atoms with E-state index in [2.05, 4.69) is 29.6 Å². The first-order valence-corrected chi connectivity index (χ1v) is 10.5. The first-order chi connectivity index (χ1) is 15.5. The molecule has 1 unspecified atom stereocenters. The Hall–Kier alpha value is -3.67. The Kier molecular flexibility index (Phi) is 6.21. The lowest BCUT2D eigenvalue weighted by molar-refractivity contribution is 0.146. The van der Waals surface area contributed by atoms with Crippen LogP contribution in [0, 0.1) is 0 Å². The van der Waals surface area contributed by atoms with Crippen LogP contribution < -0.4 is 14.2 Å². The minimum Gasteiger partial charge on any atom is -0.481 e. The van der Waals surface area contributed by atoms with E-state index in [0.29, 0.717) is 21.6 Å². The molecule has 0 saturated carbocycles. The summed E-state index contributed by atoms with van der Waals surface area (Å²) in [5, 5.41) is 0.689. The van der Waals surface area contributed by atoms with Crippen LogP contribution in [0.2, 0.25) is 0 Å². The smallest absolute Gasteiger partial charge is 0.243 e. The van der Waals surface area contributed by atoms with E-state index in [1.807, 2.05) is 12.1 Å². The van der Waals surface area contributed by atoms with Crippen LogP contribution in [0.1, 0.15) is 5.56 Å². The molecule has 2 N–H and O–H groups in total. The summed E-state index contributed by atoms with van der Waals surface area (Å²) in [6.07, 6.45) is 1.60. The average molecular weight is 460 g/mol. The average Bonchev–Trinajstić information content (AvgIpc) is 3.24. The summed E-state index contributed by atoms with van der Waals surface area (Å²) in [5.41, 5.74) is 1.50. The molecule has 12 heteroatoms. The van der Waals surface area contributed by atoms with Crippen molar-refractivity contribution in [3.8, 4) is 23.1 Å². The quantitative estimate of drug-likeness (QED) is 0.414. The van der Waals surface area contributed by atoms with Gasteiger partial charge >= 0.3 is 0 Å². The summed E-state index contributed by atoms with van der Waals surface area (Å²) in [4.78, 5) is 20.2. The monoisotopic (exact) mass is 460 g/mol. The zero-order chi connectivity index (χ0) is 22.7. The number of H-pyrrole nitrogens is 1. The number of hydrogen-bond donors (Lipinski definition) is 2. The second-order valence-electron chi connectivity index (χ2n) is 6.46. The highest BCUT2D eigenvalue weighted by Gasteiger charge is 2.22. The van der Waals surface area contributed by atoms with E-state index < -0.39 is 23.8 Å². The summed E-state index contributed by atoms with van der Waals surface area (Å²) in [5.74, 6) is 0.266. The van der Waals surface area contributed by atoms with Crippen LogP contribution in [0.25, 0.3) is 22.3 Å². The molecule has 4 aromatic rings. The van der Waals surface area contributed by atoms with Crippen LogP contribution in [0.5, 0.6) is 11.8 Å². The van der Waals surface area contributed by atoms with Gasteiger partial charge in [0.15, 0.2) is 16.8 Å². The third-order valence-electron chi connectivity index (χ3n) is 4.54. The fourth-order valence-corrected chi connectivity index (χ4v) is 4.10. The first-order valence-electron chi connectivity index (χ1n) is 9.34. The number of para-hydroxylation sites is 1. The van der Waals surface area contributed by atoms with E-state index in [9.17, 15) is 13.0 Å². The van der Waals surface area contributed by atoms with Gasteiger partial charge in [-0.1, -0.05) is 12.1 Å². The van der Waals surface area contributed by atoms with Crippen LogP contribution in [-0.4, -0.2) is 49.8 Å². The van der Waals surface area contributed by atoms with Crippen molar-refractivity contribution in [2.75, 3.05) is 18.9 Å². The van der Waals surface area contributed by atoms with Gasteiger partial charge < -0.3 is 14.5 Å². The number of nitrogens with zero attached hydrogens (tertiary/aromatic N) is 4. The standard InChI is InChI=1S/C20H18F2N6O3S/c1-30-18-13(9-15(21)22)19(31-2)27-20(26-18)28-32(29)14-10-25-16-11(14)5-3-6-12(16)17-23-7-4-8-24-17/h3-8,10,15,25H,9H2,1-2H3,(H,26,27,28). The van der Waals surface area contributed by atoms with E-state index >= 15 is 0 Å². The molecule has 0 aliphatic heterocycles. The van der Waals surface area contributed by atoms with Gasteiger partial charge in [0, 0.05) is 36.0 Å². The number of rotatable bonds is 8. The van der Waals surface area contributed by atoms with Gasteiger partial charge in [-0.25, -0.2) is 23.0 Å². The number of aromatic amines is 1. The molecule has 3 heterocycles. The van der Waals surface area contributed by atoms with Gasteiger partial charge in [0.1, 0.15) is 0 Å². The van der Waals surface area contributed by atoms with Crippen molar-refractivity contribution < 1.29 is 22.5 Å². The fraction of sp³-hybridized carbons (Fsp3) is 0.200. The third kappa shape index (κ3) is 4.21. The van der Waals surface area contributed by atoms with Crippen LogP contribution in [0.15, 0.2) is 47.8 Å². The van der Waals surface area contributed by atoms with Gasteiger partial charge in [0.2, 0.25) is 24.1 Å². The zero-order valence-corrected chi connectivity index (χ0v) is 17.8. The van der Waals surface area contributed by atoms with Crippen molar-refractivity contribution in [2.24, 2.45) is 0 Å². The van der Waals surface area contributed by atoms with Gasteiger partial charge in [-0.15, -0.1) is 0 Å². The Labute approximate surface area is 183 Å². The van der Waals surface area contributed by atoms with Crippen LogP contribution in [0.4, 0.5) is 14.7 Å². The van der Waals surface area contributed by atoms with Gasteiger partial charge in [0.05, 0.1) is 30.2 Å². The maximum absolute atomic E-state index is 13.1. The lowest BCUT2D eigenvalue weighted by Gasteiger charge is -2.13. The largest absolute Gasteiger partial charge is 0.481 e. The van der Waals surface area contributed by atoms with Crippen molar-refractivity contribution in [2.45, 2.75) is 17.7 Å². The van der Waals surface area contributed by atoms with Crippen molar-refractivity contribution in [1.29, 1.82) is 0 Å². The second kappa shape index (κ2) is 9.22. The SMILES string of the molecule is COc1nc(NS(=O)c2c[nH]c3c(-c4ncccn4)cccc23)nc(OC)c1CC(F)F. The van der Waals surface area contributed by atoms with Crippen LogP contribution >= 0.6 is 0 Å². The highest BCUT2D eigenvalue weighted by molar-refractivity contribution is 7.86. The Morgan fingerprint density at radius 3 is 2.41 bits per heavy atom. The summed E-state index contributed by atoms with van der Waals surface area (Å²) >= 11 is 0. The lowest BCUT2D eigenvalue weighted by Crippen LogP contribution is -2.12. The van der Waals surface area contributed by atoms with E-state index in [1.54, 1.807) is 30.7 Å². The Bertz CT molecular complexity index is 1240. The van der Waals surface area contributed by atoms with E-state index in [-0.39, 0.29) is 23.3 Å². The maximum atomic E-state index is 13.1. The van der Waals surface area contributed by atoms with Crippen molar-refractivity contribution >= 4 is 27.8 Å². The number of anilines is 1. The number of benzene rings is 1. The molecule has 0 aliphatic rings. The first kappa shape index (κ1) is 21.6. The molecule has 0 fully saturated rings. The highest BCUT2D eigenvalue weighted by atomic mass is 32.2. The number of fused-ring (bicyclic) bond motifs is 1. The number of hydrogen-bond acceptors (Lipinski definition) is 7. The summed E-state index contributed by atoms with van der Waals surface area (Å²) in [6.45, 7) is 0. The Morgan fingerprint density at radius 2 is 1.78 bits per heavy atom. The number of aromatic nitrogens is 5. The number of nitrogens with one attached hydrogen (secondary N) is 2. The van der Waals surface area contributed by atoms with E-state index in [0.717, 1.165) is 5.56 Å². The summed E-state index contributed by atoms with van der Waals surface area (Å²) in [6, 6.07) is 7.19. The summed E-state index contributed by atoms with van der Waals surface area (Å²) in [7, 11) is 0.805. The lowest BCUT2D eigenvalue weighted by atomic mass is 10.1. The Balaban J connectivity index is 1.68. The zero-order valence-electron chi connectivity index (χ0n) is 17.0. The topological polar surface area (TPSA) is 115 Å². The number of halogens is 2. The van der Waals surface area contributed by atoms with Crippen molar-refractivity contribution in [1.82, 2.24) is 24.9 Å². The molecule has 0 aliphatic carbocycles. The molecule has 1 atom stereocenters. The predicted octanol–water partition coefficient (Wildman–Crippen LogP) is 3.37. The van der Waals surface area contributed by atoms with Crippen molar-refractivity contribution in [3.05, 3.63) is 48.4 Å². The highest BCUT2D eigenvalue weighted by Crippen LogP contribution is 2.31. The molecule has 4 rings (SSSR count). The van der Waals surface area contributed by atoms with E-state index in [1.165, 1.54) is 14.2 Å². The molecular weight excluding hydrogens is 442 g/mol. The number of ether oxygens (including phenoxy) is 2. The molecule has 32 heavy (non-hydrogen) atoms. The molecule has 166 valence electrons. The molecule has 0 amide bonds. The summed E-state index contributed by atoms with van der Waals surface area (Å²) < 4.78 is 51.8. The molecule has 9 nitrogen and oxygen atoms in total. The maximum Gasteiger partial charge on any atom is 0.243 e. The van der Waals surface area contributed by atoms with Crippen LogP contribution in [-0.2, 0) is 17.4 Å². The van der Waals surface area contributed by atoms with Gasteiger partial charge in [-0.05, 0) is 12.1 Å². The fourth-order valence-electron chi connectivity index (χ4n) is 3.20. The molecule has 0 bridgehead atoms. The minimum atomic E-state index is -2.64. The normalized spacial score (nSPS) is 12.2. The Morgan fingerprint density at radius 1 is 1.09 bits per heavy atom. The van der Waals surface area contributed by atoms with Gasteiger partial charge in [0.25, 0.3) is 0 Å². The van der Waals surface area contributed by atoms with Gasteiger partial charge in [-0.2, -0.15) is 9.97 Å². The molecule has 0 spiro atoms. The molecular formula is C20H18F2N6O3S.